The maximum absolute atomic E-state index is 12.7. The van der Waals surface area contributed by atoms with Gasteiger partial charge in [-0.15, -0.1) is 0 Å². The standard InChI is InChI=1S/C20H28F2N4O3/c1-5-16-15(17(6-2)29-26-16)12-25-20(23-7-3)24-11-13-8-9-14(27-4)10-18(13)28-19(21)22/h8-10,19H,5-7,11-12H2,1-4H3,(H2,23,24,25). The number of halogens is 2. The smallest absolute Gasteiger partial charge is 0.387 e. The van der Waals surface area contributed by atoms with E-state index in [9.17, 15) is 8.78 Å². The average molecular weight is 410 g/mol. The van der Waals surface area contributed by atoms with Crippen molar-refractivity contribution in [1.82, 2.24) is 15.8 Å². The largest absolute Gasteiger partial charge is 0.497 e. The molecule has 29 heavy (non-hydrogen) atoms. The highest BCUT2D eigenvalue weighted by molar-refractivity contribution is 5.79. The molecule has 2 aromatic rings. The van der Waals surface area contributed by atoms with Gasteiger partial charge in [0.25, 0.3) is 0 Å². The van der Waals surface area contributed by atoms with Gasteiger partial charge >= 0.3 is 6.61 Å². The van der Waals surface area contributed by atoms with Gasteiger partial charge in [0.2, 0.25) is 0 Å². The zero-order valence-electron chi connectivity index (χ0n) is 17.2. The Morgan fingerprint density at radius 3 is 2.62 bits per heavy atom. The second-order valence-electron chi connectivity index (χ2n) is 6.14. The SMILES string of the molecule is CCNC(=NCc1ccc(OC)cc1OC(F)F)NCc1c(CC)noc1CC. The Bertz CT molecular complexity index is 788. The van der Waals surface area contributed by atoms with Gasteiger partial charge < -0.3 is 24.6 Å². The van der Waals surface area contributed by atoms with Gasteiger partial charge in [-0.3, -0.25) is 0 Å². The summed E-state index contributed by atoms with van der Waals surface area (Å²) in [7, 11) is 1.46. The molecule has 160 valence electrons. The van der Waals surface area contributed by atoms with Crippen molar-refractivity contribution >= 4 is 5.96 Å². The van der Waals surface area contributed by atoms with E-state index >= 15 is 0 Å². The zero-order chi connectivity index (χ0) is 21.2. The number of ether oxygens (including phenoxy) is 2. The van der Waals surface area contributed by atoms with E-state index in [4.69, 9.17) is 9.26 Å². The van der Waals surface area contributed by atoms with Crippen molar-refractivity contribution in [3.63, 3.8) is 0 Å². The number of aryl methyl sites for hydroxylation is 2. The Morgan fingerprint density at radius 2 is 2.00 bits per heavy atom. The Balaban J connectivity index is 2.16. The molecular formula is C20H28F2N4O3. The van der Waals surface area contributed by atoms with E-state index in [-0.39, 0.29) is 12.3 Å². The molecule has 1 aromatic heterocycles. The molecule has 0 saturated carbocycles. The normalized spacial score (nSPS) is 11.6. The maximum Gasteiger partial charge on any atom is 0.387 e. The molecule has 1 aromatic carbocycles. The number of methoxy groups -OCH3 is 1. The fourth-order valence-corrected chi connectivity index (χ4v) is 2.81. The molecule has 0 bridgehead atoms. The monoisotopic (exact) mass is 410 g/mol. The first-order valence-electron chi connectivity index (χ1n) is 9.62. The van der Waals surface area contributed by atoms with Crippen LogP contribution in [0.5, 0.6) is 11.5 Å². The molecule has 1 heterocycles. The van der Waals surface area contributed by atoms with Gasteiger partial charge in [-0.1, -0.05) is 19.0 Å². The topological polar surface area (TPSA) is 80.9 Å². The minimum Gasteiger partial charge on any atom is -0.497 e. The minimum atomic E-state index is -2.93. The highest BCUT2D eigenvalue weighted by Crippen LogP contribution is 2.27. The molecule has 0 spiro atoms. The third-order valence-corrected chi connectivity index (χ3v) is 4.28. The summed E-state index contributed by atoms with van der Waals surface area (Å²) in [4.78, 5) is 4.50. The van der Waals surface area contributed by atoms with Gasteiger partial charge in [0, 0.05) is 36.7 Å². The molecule has 0 unspecified atom stereocenters. The van der Waals surface area contributed by atoms with Crippen LogP contribution in [0.25, 0.3) is 0 Å². The van der Waals surface area contributed by atoms with Crippen molar-refractivity contribution in [3.05, 3.63) is 40.8 Å². The number of guanidine groups is 1. The van der Waals surface area contributed by atoms with Gasteiger partial charge in [-0.25, -0.2) is 4.99 Å². The van der Waals surface area contributed by atoms with Crippen molar-refractivity contribution < 1.29 is 22.8 Å². The van der Waals surface area contributed by atoms with Crippen molar-refractivity contribution in [2.45, 2.75) is 53.3 Å². The van der Waals surface area contributed by atoms with Gasteiger partial charge in [-0.2, -0.15) is 8.78 Å². The van der Waals surface area contributed by atoms with Gasteiger partial charge in [0.15, 0.2) is 5.96 Å². The van der Waals surface area contributed by atoms with E-state index in [0.29, 0.717) is 30.4 Å². The van der Waals surface area contributed by atoms with E-state index in [1.54, 1.807) is 12.1 Å². The van der Waals surface area contributed by atoms with Crippen LogP contribution in [-0.2, 0) is 25.9 Å². The summed E-state index contributed by atoms with van der Waals surface area (Å²) in [5.74, 6) is 1.87. The number of benzene rings is 1. The predicted molar refractivity (Wildman–Crippen MR) is 107 cm³/mol. The Hall–Kier alpha value is -2.84. The van der Waals surface area contributed by atoms with Crippen LogP contribution in [0.15, 0.2) is 27.7 Å². The third kappa shape index (κ3) is 6.33. The molecule has 0 radical (unpaired) electrons. The molecule has 0 aliphatic rings. The molecule has 0 saturated heterocycles. The highest BCUT2D eigenvalue weighted by Gasteiger charge is 2.14. The lowest BCUT2D eigenvalue weighted by molar-refractivity contribution is -0.0505. The number of nitrogens with zero attached hydrogens (tertiary/aromatic N) is 2. The summed E-state index contributed by atoms with van der Waals surface area (Å²) < 4.78 is 40.6. The van der Waals surface area contributed by atoms with E-state index in [2.05, 4.69) is 25.5 Å². The van der Waals surface area contributed by atoms with Gasteiger partial charge in [-0.05, 0) is 25.5 Å². The van der Waals surface area contributed by atoms with Crippen LogP contribution < -0.4 is 20.1 Å². The molecule has 0 aliphatic carbocycles. The number of aliphatic imine (C=N–C) groups is 1. The molecule has 2 rings (SSSR count). The summed E-state index contributed by atoms with van der Waals surface area (Å²) in [5, 5.41) is 10.5. The quantitative estimate of drug-likeness (QED) is 0.460. The van der Waals surface area contributed by atoms with Crippen molar-refractivity contribution in [1.29, 1.82) is 0 Å². The lowest BCUT2D eigenvalue weighted by Crippen LogP contribution is -2.37. The number of hydrogen-bond acceptors (Lipinski definition) is 5. The van der Waals surface area contributed by atoms with Gasteiger partial charge in [0.05, 0.1) is 19.3 Å². The summed E-state index contributed by atoms with van der Waals surface area (Å²) >= 11 is 0. The lowest BCUT2D eigenvalue weighted by Gasteiger charge is -2.14. The van der Waals surface area contributed by atoms with Crippen LogP contribution >= 0.6 is 0 Å². The number of aromatic nitrogens is 1. The Labute approximate surface area is 169 Å². The lowest BCUT2D eigenvalue weighted by atomic mass is 10.1. The number of nitrogens with one attached hydrogen (secondary N) is 2. The van der Waals surface area contributed by atoms with Crippen molar-refractivity contribution in [3.8, 4) is 11.5 Å². The summed E-state index contributed by atoms with van der Waals surface area (Å²) in [6, 6.07) is 4.77. The third-order valence-electron chi connectivity index (χ3n) is 4.28. The van der Waals surface area contributed by atoms with Gasteiger partial charge in [0.1, 0.15) is 17.3 Å². The highest BCUT2D eigenvalue weighted by atomic mass is 19.3. The van der Waals surface area contributed by atoms with E-state index in [0.717, 1.165) is 29.9 Å². The van der Waals surface area contributed by atoms with Crippen LogP contribution in [0.2, 0.25) is 0 Å². The molecular weight excluding hydrogens is 382 g/mol. The molecule has 0 fully saturated rings. The molecule has 7 nitrogen and oxygen atoms in total. The van der Waals surface area contributed by atoms with E-state index in [1.807, 2.05) is 20.8 Å². The summed E-state index contributed by atoms with van der Waals surface area (Å²) in [6.45, 7) is 4.37. The first kappa shape index (κ1) is 22.4. The summed E-state index contributed by atoms with van der Waals surface area (Å²) in [6.07, 6.45) is 1.52. The van der Waals surface area contributed by atoms with Crippen LogP contribution in [0.3, 0.4) is 0 Å². The zero-order valence-corrected chi connectivity index (χ0v) is 17.2. The van der Waals surface area contributed by atoms with Crippen LogP contribution in [0, 0.1) is 0 Å². The minimum absolute atomic E-state index is 0.0412. The predicted octanol–water partition coefficient (Wildman–Crippen LogP) is 3.66. The first-order chi connectivity index (χ1) is 14.0. The van der Waals surface area contributed by atoms with E-state index in [1.165, 1.54) is 13.2 Å². The summed E-state index contributed by atoms with van der Waals surface area (Å²) in [5.41, 5.74) is 2.46. The number of alkyl halides is 2. The molecule has 9 heteroatoms. The van der Waals surface area contributed by atoms with Crippen LogP contribution in [0.1, 0.15) is 43.4 Å². The molecule has 0 amide bonds. The fraction of sp³-hybridized carbons (Fsp3) is 0.500. The number of rotatable bonds is 10. The van der Waals surface area contributed by atoms with Crippen LogP contribution in [-0.4, -0.2) is 31.4 Å². The molecule has 0 atom stereocenters. The Kier molecular flexibility index (Phi) is 8.69. The average Bonchev–Trinajstić information content (AvgIpc) is 3.12. The second kappa shape index (κ2) is 11.2. The fourth-order valence-electron chi connectivity index (χ4n) is 2.81. The van der Waals surface area contributed by atoms with Crippen LogP contribution in [0.4, 0.5) is 8.78 Å². The molecule has 2 N–H and O–H groups in total. The van der Waals surface area contributed by atoms with Crippen molar-refractivity contribution in [2.24, 2.45) is 4.99 Å². The molecule has 0 aliphatic heterocycles. The number of hydrogen-bond donors (Lipinski definition) is 2. The second-order valence-corrected chi connectivity index (χ2v) is 6.14. The first-order valence-corrected chi connectivity index (χ1v) is 9.62. The maximum atomic E-state index is 12.7. The van der Waals surface area contributed by atoms with Crippen molar-refractivity contribution in [2.75, 3.05) is 13.7 Å². The van der Waals surface area contributed by atoms with E-state index < -0.39 is 6.61 Å². The Morgan fingerprint density at radius 1 is 1.21 bits per heavy atom.